The maximum Gasteiger partial charge on any atom is 0.263 e. The number of rotatable bonds is 3. The zero-order valence-corrected chi connectivity index (χ0v) is 11.2. The third-order valence-corrected chi connectivity index (χ3v) is 5.22. The van der Waals surface area contributed by atoms with Crippen LogP contribution >= 0.6 is 11.6 Å². The Balaban J connectivity index is 2.29. The van der Waals surface area contributed by atoms with E-state index in [1.807, 2.05) is 0 Å². The van der Waals surface area contributed by atoms with Crippen LogP contribution in [0.5, 0.6) is 0 Å². The van der Waals surface area contributed by atoms with E-state index in [1.165, 1.54) is 15.2 Å². The largest absolute Gasteiger partial charge is 0.380 e. The molecule has 2 heterocycles. The van der Waals surface area contributed by atoms with Crippen molar-refractivity contribution in [2.75, 3.05) is 20.2 Å². The van der Waals surface area contributed by atoms with Crippen molar-refractivity contribution in [2.45, 2.75) is 17.6 Å². The number of methoxy groups -OCH3 is 1. The number of imidazole rings is 1. The molecule has 0 spiro atoms. The smallest absolute Gasteiger partial charge is 0.263 e. The Kier molecular flexibility index (Phi) is 3.44. The first-order valence-corrected chi connectivity index (χ1v) is 6.98. The Morgan fingerprint density at radius 1 is 1.59 bits per heavy atom. The lowest BCUT2D eigenvalue weighted by Gasteiger charge is -2.14. The summed E-state index contributed by atoms with van der Waals surface area (Å²) < 4.78 is 32.5. The van der Waals surface area contributed by atoms with Gasteiger partial charge in [0.15, 0.2) is 0 Å². The van der Waals surface area contributed by atoms with Crippen LogP contribution in [0, 0.1) is 0 Å². The van der Waals surface area contributed by atoms with Crippen molar-refractivity contribution in [3.05, 3.63) is 11.5 Å². The quantitative estimate of drug-likeness (QED) is 0.807. The zero-order valence-electron chi connectivity index (χ0n) is 9.63. The molecule has 1 unspecified atom stereocenters. The molecule has 0 amide bonds. The summed E-state index contributed by atoms with van der Waals surface area (Å²) in [5, 5.41) is 0.0456. The number of hydrogen-bond acceptors (Lipinski definition) is 4. The highest BCUT2D eigenvalue weighted by Crippen LogP contribution is 2.25. The van der Waals surface area contributed by atoms with Crippen LogP contribution in [-0.2, 0) is 21.8 Å². The molecular weight excluding hydrogens is 266 g/mol. The van der Waals surface area contributed by atoms with Gasteiger partial charge in [0.05, 0.1) is 12.4 Å². The van der Waals surface area contributed by atoms with Crippen molar-refractivity contribution in [3.8, 4) is 0 Å². The van der Waals surface area contributed by atoms with E-state index in [2.05, 4.69) is 4.98 Å². The minimum atomic E-state index is -3.60. The van der Waals surface area contributed by atoms with Crippen LogP contribution in [0.4, 0.5) is 0 Å². The van der Waals surface area contributed by atoms with Gasteiger partial charge in [-0.05, 0) is 6.42 Å². The number of nitrogens with zero attached hydrogens (tertiary/aromatic N) is 3. The SMILES string of the molecule is COC1CCN(S(=O)(=O)c2ncn(C)c2Cl)C1. The van der Waals surface area contributed by atoms with Gasteiger partial charge in [0.2, 0.25) is 5.03 Å². The average molecular weight is 280 g/mol. The Morgan fingerprint density at radius 2 is 2.29 bits per heavy atom. The van der Waals surface area contributed by atoms with Gasteiger partial charge in [0, 0.05) is 27.2 Å². The molecule has 1 fully saturated rings. The molecule has 1 aliphatic rings. The highest BCUT2D eigenvalue weighted by atomic mass is 35.5. The number of hydrogen-bond donors (Lipinski definition) is 0. The van der Waals surface area contributed by atoms with E-state index in [4.69, 9.17) is 16.3 Å². The summed E-state index contributed by atoms with van der Waals surface area (Å²) in [7, 11) is -0.375. The molecule has 0 saturated carbocycles. The van der Waals surface area contributed by atoms with Crippen molar-refractivity contribution >= 4 is 21.6 Å². The Morgan fingerprint density at radius 3 is 2.76 bits per heavy atom. The molecule has 8 heteroatoms. The summed E-state index contributed by atoms with van der Waals surface area (Å²) in [6.07, 6.45) is 2.03. The molecule has 1 aromatic heterocycles. The summed E-state index contributed by atoms with van der Waals surface area (Å²) in [5.41, 5.74) is 0. The molecule has 1 aromatic rings. The topological polar surface area (TPSA) is 64.4 Å². The first kappa shape index (κ1) is 12.8. The molecular formula is C9H14ClN3O3S. The fourth-order valence-corrected chi connectivity index (χ4v) is 3.67. The van der Waals surface area contributed by atoms with Crippen LogP contribution in [0.15, 0.2) is 11.4 Å². The van der Waals surface area contributed by atoms with Gasteiger partial charge in [0.25, 0.3) is 10.0 Å². The van der Waals surface area contributed by atoms with Crippen molar-refractivity contribution in [1.82, 2.24) is 13.9 Å². The molecule has 0 bridgehead atoms. The van der Waals surface area contributed by atoms with Gasteiger partial charge in [-0.3, -0.25) is 0 Å². The van der Waals surface area contributed by atoms with Gasteiger partial charge in [-0.2, -0.15) is 4.31 Å². The fourth-order valence-electron chi connectivity index (χ4n) is 1.80. The van der Waals surface area contributed by atoms with Gasteiger partial charge >= 0.3 is 0 Å². The van der Waals surface area contributed by atoms with Gasteiger partial charge in [0.1, 0.15) is 5.15 Å². The highest BCUT2D eigenvalue weighted by Gasteiger charge is 2.35. The van der Waals surface area contributed by atoms with Crippen LogP contribution in [0.25, 0.3) is 0 Å². The summed E-state index contributed by atoms with van der Waals surface area (Å²) in [5.74, 6) is 0. The van der Waals surface area contributed by atoms with Crippen LogP contribution in [0.2, 0.25) is 5.15 Å². The Bertz CT molecular complexity index is 514. The average Bonchev–Trinajstić information content (AvgIpc) is 2.87. The zero-order chi connectivity index (χ0) is 12.6. The number of halogens is 1. The minimum Gasteiger partial charge on any atom is -0.380 e. The van der Waals surface area contributed by atoms with E-state index in [0.29, 0.717) is 19.5 Å². The maximum absolute atomic E-state index is 12.2. The molecule has 0 N–H and O–H groups in total. The van der Waals surface area contributed by atoms with E-state index in [-0.39, 0.29) is 16.3 Å². The fraction of sp³-hybridized carbons (Fsp3) is 0.667. The van der Waals surface area contributed by atoms with E-state index < -0.39 is 10.0 Å². The van der Waals surface area contributed by atoms with E-state index in [9.17, 15) is 8.42 Å². The first-order chi connectivity index (χ1) is 7.96. The van der Waals surface area contributed by atoms with Gasteiger partial charge < -0.3 is 9.30 Å². The second kappa shape index (κ2) is 4.56. The molecule has 1 aliphatic heterocycles. The summed E-state index contributed by atoms with van der Waals surface area (Å²) in [4.78, 5) is 3.84. The molecule has 96 valence electrons. The number of aromatic nitrogens is 2. The molecule has 6 nitrogen and oxygen atoms in total. The van der Waals surface area contributed by atoms with Gasteiger partial charge in [-0.1, -0.05) is 11.6 Å². The van der Waals surface area contributed by atoms with E-state index in [1.54, 1.807) is 14.2 Å². The van der Waals surface area contributed by atoms with E-state index in [0.717, 1.165) is 0 Å². The molecule has 17 heavy (non-hydrogen) atoms. The van der Waals surface area contributed by atoms with E-state index >= 15 is 0 Å². The van der Waals surface area contributed by atoms with Crippen molar-refractivity contribution in [2.24, 2.45) is 7.05 Å². The Hall–Kier alpha value is -0.630. The number of sulfonamides is 1. The summed E-state index contributed by atoms with van der Waals surface area (Å²) >= 11 is 5.91. The molecule has 1 atom stereocenters. The van der Waals surface area contributed by atoms with Gasteiger partial charge in [-0.15, -0.1) is 0 Å². The third-order valence-electron chi connectivity index (χ3n) is 2.86. The van der Waals surface area contributed by atoms with Crippen LogP contribution < -0.4 is 0 Å². The van der Waals surface area contributed by atoms with Crippen molar-refractivity contribution in [1.29, 1.82) is 0 Å². The Labute approximate surface area is 105 Å². The molecule has 0 aromatic carbocycles. The van der Waals surface area contributed by atoms with Crippen molar-refractivity contribution in [3.63, 3.8) is 0 Å². The van der Waals surface area contributed by atoms with Crippen LogP contribution in [0.3, 0.4) is 0 Å². The second-order valence-electron chi connectivity index (χ2n) is 3.96. The number of aryl methyl sites for hydroxylation is 1. The lowest BCUT2D eigenvalue weighted by atomic mass is 10.3. The lowest BCUT2D eigenvalue weighted by Crippen LogP contribution is -2.30. The van der Waals surface area contributed by atoms with Gasteiger partial charge in [-0.25, -0.2) is 13.4 Å². The monoisotopic (exact) mass is 279 g/mol. The normalized spacial score (nSPS) is 22.2. The molecule has 0 radical (unpaired) electrons. The lowest BCUT2D eigenvalue weighted by molar-refractivity contribution is 0.115. The summed E-state index contributed by atoms with van der Waals surface area (Å²) in [6.45, 7) is 0.791. The second-order valence-corrected chi connectivity index (χ2v) is 6.17. The predicted molar refractivity (Wildman–Crippen MR) is 62.4 cm³/mol. The summed E-state index contributed by atoms with van der Waals surface area (Å²) in [6, 6.07) is 0. The third kappa shape index (κ3) is 2.20. The first-order valence-electron chi connectivity index (χ1n) is 5.16. The maximum atomic E-state index is 12.2. The van der Waals surface area contributed by atoms with Crippen molar-refractivity contribution < 1.29 is 13.2 Å². The van der Waals surface area contributed by atoms with Crippen LogP contribution in [0.1, 0.15) is 6.42 Å². The minimum absolute atomic E-state index is 0.0488. The highest BCUT2D eigenvalue weighted by molar-refractivity contribution is 7.89. The molecule has 0 aliphatic carbocycles. The molecule has 1 saturated heterocycles. The van der Waals surface area contributed by atoms with Crippen LogP contribution in [-0.4, -0.2) is 48.6 Å². The predicted octanol–water partition coefficient (Wildman–Crippen LogP) is 0.483. The molecule has 2 rings (SSSR count). The standard InChI is InChI=1S/C9H14ClN3O3S/c1-12-6-11-9(8(12)10)17(14,15)13-4-3-7(5-13)16-2/h6-7H,3-5H2,1-2H3. The number of ether oxygens (including phenoxy) is 1.